The number of ether oxygens (including phenoxy) is 2. The lowest BCUT2D eigenvalue weighted by Gasteiger charge is -2.37. The van der Waals surface area contributed by atoms with E-state index in [1.807, 2.05) is 30.3 Å². The number of piperidine rings is 1. The van der Waals surface area contributed by atoms with Crippen LogP contribution in [0.25, 0.3) is 0 Å². The SMILES string of the molecule is COc1ccc(Nc2nc(Nc3ccc(OC)c(F)c3)cc(N3CCC(N[C@H]4CCCC[C@@H]4O)CC3)n2)cc1. The molecule has 2 atom stereocenters. The van der Waals surface area contributed by atoms with Crippen LogP contribution in [-0.4, -0.2) is 60.6 Å². The third kappa shape index (κ3) is 6.88. The average molecular weight is 537 g/mol. The van der Waals surface area contributed by atoms with Crippen LogP contribution in [0.3, 0.4) is 0 Å². The van der Waals surface area contributed by atoms with Gasteiger partial charge >= 0.3 is 0 Å². The minimum Gasteiger partial charge on any atom is -0.497 e. The molecule has 1 aromatic heterocycles. The molecule has 0 bridgehead atoms. The van der Waals surface area contributed by atoms with Crippen molar-refractivity contribution in [2.45, 2.75) is 56.7 Å². The third-order valence-corrected chi connectivity index (χ3v) is 7.48. The molecule has 208 valence electrons. The number of nitrogens with one attached hydrogen (secondary N) is 3. The number of hydrogen-bond acceptors (Lipinski definition) is 9. The largest absolute Gasteiger partial charge is 0.497 e. The molecular weight excluding hydrogens is 499 g/mol. The van der Waals surface area contributed by atoms with Gasteiger partial charge in [-0.3, -0.25) is 0 Å². The fraction of sp³-hybridized carbons (Fsp3) is 0.448. The van der Waals surface area contributed by atoms with Crippen molar-refractivity contribution in [1.82, 2.24) is 15.3 Å². The molecule has 39 heavy (non-hydrogen) atoms. The van der Waals surface area contributed by atoms with Crippen LogP contribution >= 0.6 is 0 Å². The predicted octanol–water partition coefficient (Wildman–Crippen LogP) is 4.98. The summed E-state index contributed by atoms with van der Waals surface area (Å²) in [6, 6.07) is 14.7. The van der Waals surface area contributed by atoms with Crippen molar-refractivity contribution in [3.63, 3.8) is 0 Å². The van der Waals surface area contributed by atoms with Crippen molar-refractivity contribution < 1.29 is 19.0 Å². The molecule has 0 amide bonds. The monoisotopic (exact) mass is 536 g/mol. The zero-order chi connectivity index (χ0) is 27.2. The minimum atomic E-state index is -0.453. The summed E-state index contributed by atoms with van der Waals surface area (Å²) in [7, 11) is 3.07. The zero-order valence-electron chi connectivity index (χ0n) is 22.5. The molecule has 3 aromatic rings. The predicted molar refractivity (Wildman–Crippen MR) is 151 cm³/mol. The Morgan fingerprint density at radius 3 is 2.31 bits per heavy atom. The van der Waals surface area contributed by atoms with Crippen LogP contribution in [-0.2, 0) is 0 Å². The van der Waals surface area contributed by atoms with E-state index < -0.39 is 5.82 Å². The summed E-state index contributed by atoms with van der Waals surface area (Å²) in [5.41, 5.74) is 1.38. The minimum absolute atomic E-state index is 0.183. The maximum Gasteiger partial charge on any atom is 0.231 e. The van der Waals surface area contributed by atoms with Crippen LogP contribution in [0, 0.1) is 5.82 Å². The van der Waals surface area contributed by atoms with E-state index in [0.717, 1.165) is 62.4 Å². The van der Waals surface area contributed by atoms with Crippen LogP contribution in [0.5, 0.6) is 11.5 Å². The molecule has 0 radical (unpaired) electrons. The Morgan fingerprint density at radius 1 is 0.872 bits per heavy atom. The molecule has 4 N–H and O–H groups in total. The van der Waals surface area contributed by atoms with Gasteiger partial charge in [-0.2, -0.15) is 9.97 Å². The Balaban J connectivity index is 1.33. The van der Waals surface area contributed by atoms with Gasteiger partial charge in [-0.25, -0.2) is 4.39 Å². The summed E-state index contributed by atoms with van der Waals surface area (Å²) in [5, 5.41) is 20.6. The first-order chi connectivity index (χ1) is 19.0. The molecule has 1 saturated carbocycles. The van der Waals surface area contributed by atoms with Gasteiger partial charge in [0.05, 0.1) is 20.3 Å². The van der Waals surface area contributed by atoms with E-state index in [0.29, 0.717) is 23.5 Å². The molecule has 1 aliphatic carbocycles. The van der Waals surface area contributed by atoms with E-state index in [1.54, 1.807) is 19.2 Å². The summed E-state index contributed by atoms with van der Waals surface area (Å²) in [5.74, 6) is 2.25. The van der Waals surface area contributed by atoms with Crippen molar-refractivity contribution in [3.05, 3.63) is 54.3 Å². The second kappa shape index (κ2) is 12.5. The van der Waals surface area contributed by atoms with Gasteiger partial charge in [0.1, 0.15) is 17.4 Å². The molecule has 2 aliphatic rings. The third-order valence-electron chi connectivity index (χ3n) is 7.48. The molecule has 10 heteroatoms. The number of rotatable bonds is 9. The number of halogens is 1. The van der Waals surface area contributed by atoms with E-state index in [1.165, 1.54) is 19.6 Å². The van der Waals surface area contributed by atoms with Gasteiger partial charge in [0.15, 0.2) is 11.6 Å². The first-order valence-electron chi connectivity index (χ1n) is 13.6. The van der Waals surface area contributed by atoms with E-state index in [-0.39, 0.29) is 17.9 Å². The van der Waals surface area contributed by atoms with E-state index in [9.17, 15) is 9.50 Å². The molecule has 0 spiro atoms. The van der Waals surface area contributed by atoms with Crippen molar-refractivity contribution in [1.29, 1.82) is 0 Å². The molecule has 1 saturated heterocycles. The summed E-state index contributed by atoms with van der Waals surface area (Å²) in [6.07, 6.45) is 5.87. The lowest BCUT2D eigenvalue weighted by atomic mass is 9.91. The van der Waals surface area contributed by atoms with Crippen molar-refractivity contribution in [2.75, 3.05) is 42.8 Å². The number of hydrogen-bond donors (Lipinski definition) is 4. The molecule has 0 unspecified atom stereocenters. The second-order valence-electron chi connectivity index (χ2n) is 10.1. The van der Waals surface area contributed by atoms with Gasteiger partial charge in [0.2, 0.25) is 5.95 Å². The van der Waals surface area contributed by atoms with Crippen LogP contribution in [0.1, 0.15) is 38.5 Å². The number of methoxy groups -OCH3 is 2. The van der Waals surface area contributed by atoms with E-state index in [2.05, 4.69) is 25.8 Å². The Hall–Kier alpha value is -3.63. The summed E-state index contributed by atoms with van der Waals surface area (Å²) in [6.45, 7) is 1.66. The molecule has 2 aromatic carbocycles. The molecular formula is C29H37FN6O3. The number of anilines is 5. The number of nitrogens with zero attached hydrogens (tertiary/aromatic N) is 3. The Labute approximate surface area is 228 Å². The first kappa shape index (κ1) is 27.0. The normalized spacial score (nSPS) is 19.9. The maximum atomic E-state index is 14.3. The molecule has 2 heterocycles. The average Bonchev–Trinajstić information content (AvgIpc) is 2.95. The second-order valence-corrected chi connectivity index (χ2v) is 10.1. The highest BCUT2D eigenvalue weighted by Gasteiger charge is 2.28. The summed E-state index contributed by atoms with van der Waals surface area (Å²) < 4.78 is 24.6. The van der Waals surface area contributed by atoms with E-state index >= 15 is 0 Å². The quantitative estimate of drug-likeness (QED) is 0.301. The maximum absolute atomic E-state index is 14.3. The standard InChI is InChI=1S/C29H37FN6O3/c1-38-22-10-7-19(8-11-22)33-29-34-27(32-21-9-12-26(39-2)23(30)17-21)18-28(35-29)36-15-13-20(14-16-36)31-24-5-3-4-6-25(24)37/h7-12,17-18,20,24-25,31,37H,3-6,13-16H2,1-2H3,(H2,32,33,34,35)/t24-,25-/m0/s1. The van der Waals surface area contributed by atoms with E-state index in [4.69, 9.17) is 14.5 Å². The summed E-state index contributed by atoms with van der Waals surface area (Å²) in [4.78, 5) is 11.7. The van der Waals surface area contributed by atoms with Crippen LogP contribution in [0.4, 0.5) is 33.3 Å². The fourth-order valence-corrected chi connectivity index (χ4v) is 5.30. The Bertz CT molecular complexity index is 1240. The number of aliphatic hydroxyl groups excluding tert-OH is 1. The van der Waals surface area contributed by atoms with Gasteiger partial charge in [0.25, 0.3) is 0 Å². The molecule has 1 aliphatic heterocycles. The Morgan fingerprint density at radius 2 is 1.62 bits per heavy atom. The summed E-state index contributed by atoms with van der Waals surface area (Å²) >= 11 is 0. The van der Waals surface area contributed by atoms with Crippen LogP contribution in [0.2, 0.25) is 0 Å². The number of benzene rings is 2. The van der Waals surface area contributed by atoms with Gasteiger partial charge in [-0.15, -0.1) is 0 Å². The topological polar surface area (TPSA) is 104 Å². The number of aliphatic hydroxyl groups is 1. The smallest absolute Gasteiger partial charge is 0.231 e. The van der Waals surface area contributed by atoms with Crippen LogP contribution in [0.15, 0.2) is 48.5 Å². The molecule has 9 nitrogen and oxygen atoms in total. The highest BCUT2D eigenvalue weighted by molar-refractivity contribution is 5.65. The van der Waals surface area contributed by atoms with Crippen molar-refractivity contribution >= 4 is 29.0 Å². The van der Waals surface area contributed by atoms with Crippen molar-refractivity contribution in [2.24, 2.45) is 0 Å². The number of aromatic nitrogens is 2. The van der Waals surface area contributed by atoms with Crippen molar-refractivity contribution in [3.8, 4) is 11.5 Å². The van der Waals surface area contributed by atoms with Gasteiger partial charge in [-0.05, 0) is 62.1 Å². The molecule has 2 fully saturated rings. The van der Waals surface area contributed by atoms with Crippen LogP contribution < -0.4 is 30.3 Å². The fourth-order valence-electron chi connectivity index (χ4n) is 5.30. The lowest BCUT2D eigenvalue weighted by molar-refractivity contribution is 0.0828. The highest BCUT2D eigenvalue weighted by atomic mass is 19.1. The first-order valence-corrected chi connectivity index (χ1v) is 13.6. The van der Waals surface area contributed by atoms with Gasteiger partial charge in [0, 0.05) is 48.7 Å². The highest BCUT2D eigenvalue weighted by Crippen LogP contribution is 2.28. The van der Waals surface area contributed by atoms with Gasteiger partial charge < -0.3 is 35.4 Å². The molecule has 5 rings (SSSR count). The lowest BCUT2D eigenvalue weighted by Crippen LogP contribution is -2.51. The van der Waals surface area contributed by atoms with Gasteiger partial charge in [-0.1, -0.05) is 12.8 Å². The zero-order valence-corrected chi connectivity index (χ0v) is 22.5. The Kier molecular flexibility index (Phi) is 8.63.